The van der Waals surface area contributed by atoms with Gasteiger partial charge in [0.1, 0.15) is 0 Å². The first-order chi connectivity index (χ1) is 24.7. The number of carboxylic acids is 2. The summed E-state index contributed by atoms with van der Waals surface area (Å²) in [7, 11) is 3.36. The van der Waals surface area contributed by atoms with Gasteiger partial charge < -0.3 is 63.1 Å². The van der Waals surface area contributed by atoms with Gasteiger partial charge in [-0.15, -0.1) is 0 Å². The summed E-state index contributed by atoms with van der Waals surface area (Å²) in [6.07, 6.45) is 0.198. The minimum atomic E-state index is -1.15. The second kappa shape index (κ2) is 21.3. The number of nitrogens with zero attached hydrogens (tertiary/aromatic N) is 2. The Morgan fingerprint density at radius 3 is 1.37 bits per heavy atom. The number of allylic oxidation sites excluding steroid dienone is 4. The van der Waals surface area contributed by atoms with Crippen molar-refractivity contribution in [3.05, 3.63) is 69.3 Å². The number of hydrogen-bond donors (Lipinski definition) is 4. The average molecular weight is 820 g/mol. The van der Waals surface area contributed by atoms with E-state index in [0.29, 0.717) is 22.8 Å². The van der Waals surface area contributed by atoms with Gasteiger partial charge in [0.25, 0.3) is 0 Å². The first-order valence-electron chi connectivity index (χ1n) is 16.6. The SMILES string of the molecule is COC(C)c1c(C)c2cc3[nH]c(cc4nc(cc5nc(cc1[nH]2)C(C)=C5CCC(=O)[O-])C(CCC(=O)[O-])=C4C)c(C)c3C(C)OC.NC=O.NC=O.[Cl-].[Ga+3]. The van der Waals surface area contributed by atoms with Crippen molar-refractivity contribution in [2.75, 3.05) is 14.2 Å². The van der Waals surface area contributed by atoms with E-state index in [4.69, 9.17) is 29.0 Å². The molecule has 5 heterocycles. The van der Waals surface area contributed by atoms with Gasteiger partial charge in [0.05, 0.1) is 35.0 Å². The van der Waals surface area contributed by atoms with Crippen molar-refractivity contribution in [1.82, 2.24) is 19.9 Å². The van der Waals surface area contributed by atoms with Crippen molar-refractivity contribution in [2.24, 2.45) is 11.5 Å². The van der Waals surface area contributed by atoms with Crippen molar-refractivity contribution >= 4 is 88.9 Å². The molecule has 5 rings (SSSR count). The van der Waals surface area contributed by atoms with Crippen LogP contribution in [0.2, 0.25) is 0 Å². The Hall–Kier alpha value is -4.67. The molecule has 0 saturated heterocycles. The van der Waals surface area contributed by atoms with E-state index in [0.717, 1.165) is 66.6 Å². The number of methoxy groups -OCH3 is 2. The van der Waals surface area contributed by atoms with Gasteiger partial charge in [-0.1, -0.05) is 0 Å². The number of carbonyl (C=O) groups is 4. The van der Waals surface area contributed by atoms with Crippen LogP contribution < -0.4 is 34.1 Å². The van der Waals surface area contributed by atoms with Crippen LogP contribution in [0.25, 0.3) is 44.4 Å². The monoisotopic (exact) mass is 818 g/mol. The topological polar surface area (TPSA) is 242 Å². The summed E-state index contributed by atoms with van der Waals surface area (Å²) in [5, 5.41) is 23.0. The number of aliphatic carboxylic acids is 2. The fourth-order valence-corrected chi connectivity index (χ4v) is 6.51. The van der Waals surface area contributed by atoms with Gasteiger partial charge in [0.2, 0.25) is 12.8 Å². The predicted molar refractivity (Wildman–Crippen MR) is 201 cm³/mol. The van der Waals surface area contributed by atoms with E-state index in [-0.39, 0.29) is 82.9 Å². The van der Waals surface area contributed by atoms with Crippen LogP contribution in [0.5, 0.6) is 0 Å². The number of primary amides is 2. The first kappa shape index (κ1) is 47.3. The van der Waals surface area contributed by atoms with Crippen molar-refractivity contribution in [1.29, 1.82) is 0 Å². The normalized spacial score (nSPS) is 12.9. The number of H-pyrrole nitrogens is 2. The number of aromatic amines is 2. The van der Waals surface area contributed by atoms with Crippen molar-refractivity contribution in [3.8, 4) is 0 Å². The molecule has 8 bridgehead atoms. The molecule has 0 spiro atoms. The van der Waals surface area contributed by atoms with E-state index in [9.17, 15) is 19.8 Å². The van der Waals surface area contributed by atoms with Crippen molar-refractivity contribution in [3.63, 3.8) is 0 Å². The van der Waals surface area contributed by atoms with E-state index >= 15 is 0 Å². The summed E-state index contributed by atoms with van der Waals surface area (Å²) < 4.78 is 11.6. The van der Waals surface area contributed by atoms with Gasteiger partial charge in [0.15, 0.2) is 0 Å². The minimum Gasteiger partial charge on any atom is -1.00 e. The molecule has 3 aromatic heterocycles. The Bertz CT molecular complexity index is 2080. The molecule has 2 amide bonds. The molecule has 2 aliphatic heterocycles. The third kappa shape index (κ3) is 10.7. The summed E-state index contributed by atoms with van der Waals surface area (Å²) in [5.41, 5.74) is 21.7. The Kier molecular flexibility index (Phi) is 18.7. The molecule has 16 heteroatoms. The fraction of sp³-hybridized carbons (Fsp3) is 0.368. The van der Waals surface area contributed by atoms with Gasteiger partial charge in [0, 0.05) is 59.4 Å². The molecule has 286 valence electrons. The molecule has 3 aromatic rings. The molecule has 0 aromatic carbocycles. The first-order valence-corrected chi connectivity index (χ1v) is 16.6. The van der Waals surface area contributed by atoms with E-state index < -0.39 is 11.9 Å². The van der Waals surface area contributed by atoms with E-state index in [1.807, 2.05) is 52.8 Å². The molecule has 2 atom stereocenters. The predicted octanol–water partition coefficient (Wildman–Crippen LogP) is 0.0942. The Labute approximate surface area is 333 Å². The van der Waals surface area contributed by atoms with Crippen LogP contribution in [0.1, 0.15) is 111 Å². The average Bonchev–Trinajstić information content (AvgIpc) is 3.76. The zero-order valence-electron chi connectivity index (χ0n) is 31.7. The molecule has 2 aliphatic rings. The maximum absolute atomic E-state index is 11.5. The Morgan fingerprint density at radius 1 is 0.685 bits per heavy atom. The number of rotatable bonds is 10. The molecule has 14 nitrogen and oxygen atoms in total. The summed E-state index contributed by atoms with van der Waals surface area (Å²) in [6, 6.07) is 7.86. The zero-order chi connectivity index (χ0) is 38.9. The summed E-state index contributed by atoms with van der Waals surface area (Å²) in [5.74, 6) is -2.30. The number of amides is 2. The van der Waals surface area contributed by atoms with Crippen LogP contribution in [-0.4, -0.2) is 78.7 Å². The number of nitrogens with two attached hydrogens (primary N) is 2. The van der Waals surface area contributed by atoms with Crippen LogP contribution in [0.15, 0.2) is 24.3 Å². The van der Waals surface area contributed by atoms with Crippen LogP contribution in [0.3, 0.4) is 0 Å². The third-order valence-electron chi connectivity index (χ3n) is 9.31. The molecule has 0 saturated carbocycles. The second-order valence-corrected chi connectivity index (χ2v) is 12.3. The van der Waals surface area contributed by atoms with E-state index in [2.05, 4.69) is 34.4 Å². The smallest absolute Gasteiger partial charge is 1.00 e. The van der Waals surface area contributed by atoms with E-state index in [1.165, 1.54) is 0 Å². The number of aryl methyl sites for hydroxylation is 2. The molecule has 0 radical (unpaired) electrons. The van der Waals surface area contributed by atoms with Crippen LogP contribution in [-0.2, 0) is 28.7 Å². The summed E-state index contributed by atoms with van der Waals surface area (Å²) in [6.45, 7) is 12.0. The summed E-state index contributed by atoms with van der Waals surface area (Å²) >= 11 is 0. The van der Waals surface area contributed by atoms with Crippen molar-refractivity contribution < 1.29 is 51.3 Å². The quantitative estimate of drug-likeness (QED) is 0.159. The maximum atomic E-state index is 11.5. The van der Waals surface area contributed by atoms with Gasteiger partial charge >= 0.3 is 19.8 Å². The fourth-order valence-electron chi connectivity index (χ4n) is 6.51. The van der Waals surface area contributed by atoms with Crippen LogP contribution >= 0.6 is 0 Å². The van der Waals surface area contributed by atoms with Gasteiger partial charge in [-0.3, -0.25) is 9.59 Å². The number of carboxylic acid groups (broad SMARTS) is 2. The molecule has 0 aliphatic carbocycles. The Morgan fingerprint density at radius 2 is 1.02 bits per heavy atom. The standard InChI is InChI=1S/C36H42N4O6.2CH3NO.ClH.Ga/c1-17-23(9-11-33(41)42)29-16-30-24(10-12-34(43)44)18(2)26(38-30)14-31-36(22(6)46-8)20(4)28(40-31)15-32-35(21(5)45-7)19(3)27(39-32)13-25(17)37-29;2*2-1-3;;/h13-16,21-22,39-40H,9-12H2,1-8H3,(H,41,42)(H,43,44);2*1H,(H2,2,3);1H;/q;;;;+3/p-3. The maximum Gasteiger partial charge on any atom is 3.00 e. The number of aromatic nitrogens is 4. The number of halogens is 1. The summed E-state index contributed by atoms with van der Waals surface area (Å²) in [4.78, 5) is 57.3. The number of carbonyl (C=O) groups excluding carboxylic acids is 4. The molecular formula is C38H46ClGaN6O8. The number of nitrogens with one attached hydrogen (secondary N) is 2. The van der Waals surface area contributed by atoms with Gasteiger partial charge in [-0.25, -0.2) is 9.97 Å². The minimum absolute atomic E-state index is 0. The molecule has 2 unspecified atom stereocenters. The van der Waals surface area contributed by atoms with E-state index in [1.54, 1.807) is 14.2 Å². The van der Waals surface area contributed by atoms with Gasteiger partial charge in [-0.2, -0.15) is 0 Å². The molecular weight excluding hydrogens is 774 g/mol. The number of ether oxygens (including phenoxy) is 2. The molecule has 54 heavy (non-hydrogen) atoms. The molecule has 6 N–H and O–H groups in total. The third-order valence-corrected chi connectivity index (χ3v) is 9.31. The van der Waals surface area contributed by atoms with Gasteiger partial charge in [-0.05, 0) is 125 Å². The largest absolute Gasteiger partial charge is 3.00 e. The molecule has 0 fully saturated rings. The number of fused-ring (bicyclic) bond motifs is 8. The second-order valence-electron chi connectivity index (χ2n) is 12.3. The van der Waals surface area contributed by atoms with Crippen molar-refractivity contribution in [2.45, 2.75) is 79.4 Å². The zero-order valence-corrected chi connectivity index (χ0v) is 34.9. The number of hydrogen-bond acceptors (Lipinski definition) is 10. The Balaban J connectivity index is 0.00000171. The van der Waals surface area contributed by atoms with Crippen LogP contribution in [0, 0.1) is 13.8 Å². The van der Waals surface area contributed by atoms with Crippen LogP contribution in [0.4, 0.5) is 0 Å².